The van der Waals surface area contributed by atoms with Crippen LogP contribution in [0.3, 0.4) is 0 Å². The molecule has 0 bridgehead atoms. The Morgan fingerprint density at radius 1 is 1.89 bits per heavy atom. The third-order valence-corrected chi connectivity index (χ3v) is 1.49. The summed E-state index contributed by atoms with van der Waals surface area (Å²) < 4.78 is 0. The molecule has 48 valence electrons. The van der Waals surface area contributed by atoms with Gasteiger partial charge in [-0.1, -0.05) is 6.57 Å². The summed E-state index contributed by atoms with van der Waals surface area (Å²) in [5.74, 6) is 0.630. The minimum Gasteiger partial charge on any atom is -0.364 e. The SMILES string of the molecule is [C-]#[N+]C1=N[C@H](C)N(C)C1. The molecular weight excluding hydrogens is 114 g/mol. The van der Waals surface area contributed by atoms with Gasteiger partial charge in [0.1, 0.15) is 0 Å². The van der Waals surface area contributed by atoms with Gasteiger partial charge in [-0.3, -0.25) is 4.90 Å². The number of rotatable bonds is 0. The van der Waals surface area contributed by atoms with Gasteiger partial charge >= 0.3 is 0 Å². The largest absolute Gasteiger partial charge is 0.364 e. The average molecular weight is 123 g/mol. The lowest BCUT2D eigenvalue weighted by Crippen LogP contribution is -2.23. The highest BCUT2D eigenvalue weighted by molar-refractivity contribution is 5.94. The standard InChI is InChI=1S/C6H9N3/c1-5-8-6(7-2)4-9(5)3/h5H,4H2,1,3H3/t5-/m0/s1. The Labute approximate surface area is 54.8 Å². The summed E-state index contributed by atoms with van der Waals surface area (Å²) in [6, 6.07) is 0. The smallest absolute Gasteiger partial charge is 0.256 e. The molecule has 0 spiro atoms. The Hall–Kier alpha value is -0.880. The van der Waals surface area contributed by atoms with Gasteiger partial charge in [0, 0.05) is 0 Å². The van der Waals surface area contributed by atoms with Crippen molar-refractivity contribution in [2.45, 2.75) is 13.1 Å². The molecule has 0 fully saturated rings. The van der Waals surface area contributed by atoms with E-state index in [1.807, 2.05) is 18.9 Å². The molecule has 0 N–H and O–H groups in total. The van der Waals surface area contributed by atoms with Crippen molar-refractivity contribution >= 4 is 5.84 Å². The van der Waals surface area contributed by atoms with Crippen LogP contribution in [0.2, 0.25) is 0 Å². The summed E-state index contributed by atoms with van der Waals surface area (Å²) in [6.07, 6.45) is 0.203. The number of nitrogens with zero attached hydrogens (tertiary/aromatic N) is 3. The van der Waals surface area contributed by atoms with Crippen LogP contribution in [-0.4, -0.2) is 30.5 Å². The topological polar surface area (TPSA) is 20.0 Å². The Morgan fingerprint density at radius 2 is 2.56 bits per heavy atom. The lowest BCUT2D eigenvalue weighted by atomic mass is 10.5. The van der Waals surface area contributed by atoms with Gasteiger partial charge in [-0.15, -0.1) is 4.99 Å². The molecule has 0 saturated heterocycles. The predicted octanol–water partition coefficient (Wildman–Crippen LogP) is 0.596. The van der Waals surface area contributed by atoms with Crippen LogP contribution in [-0.2, 0) is 0 Å². The zero-order chi connectivity index (χ0) is 6.85. The highest BCUT2D eigenvalue weighted by atomic mass is 15.3. The Balaban J connectivity index is 2.65. The van der Waals surface area contributed by atoms with E-state index in [1.54, 1.807) is 0 Å². The Bertz CT molecular complexity index is 177. The van der Waals surface area contributed by atoms with Gasteiger partial charge in [-0.25, -0.2) is 0 Å². The van der Waals surface area contributed by atoms with Crippen LogP contribution >= 0.6 is 0 Å². The van der Waals surface area contributed by atoms with E-state index in [4.69, 9.17) is 6.57 Å². The van der Waals surface area contributed by atoms with Gasteiger partial charge in [0.15, 0.2) is 6.17 Å². The predicted molar refractivity (Wildman–Crippen MR) is 36.1 cm³/mol. The fourth-order valence-corrected chi connectivity index (χ4v) is 0.774. The average Bonchev–Trinajstić information content (AvgIpc) is 2.13. The zero-order valence-corrected chi connectivity index (χ0v) is 5.63. The maximum absolute atomic E-state index is 6.65. The van der Waals surface area contributed by atoms with Crippen molar-refractivity contribution in [3.05, 3.63) is 11.4 Å². The monoisotopic (exact) mass is 123 g/mol. The van der Waals surface area contributed by atoms with Crippen LogP contribution in [0, 0.1) is 6.57 Å². The molecule has 1 aliphatic heterocycles. The van der Waals surface area contributed by atoms with E-state index in [-0.39, 0.29) is 6.17 Å². The number of hydrogen-bond acceptors (Lipinski definition) is 2. The molecule has 1 heterocycles. The second-order valence-corrected chi connectivity index (χ2v) is 2.20. The van der Waals surface area contributed by atoms with Crippen LogP contribution in [0.5, 0.6) is 0 Å². The van der Waals surface area contributed by atoms with E-state index >= 15 is 0 Å². The summed E-state index contributed by atoms with van der Waals surface area (Å²) in [5.41, 5.74) is 0. The van der Waals surface area contributed by atoms with Crippen LogP contribution in [0.15, 0.2) is 4.99 Å². The van der Waals surface area contributed by atoms with Crippen molar-refractivity contribution in [2.24, 2.45) is 4.99 Å². The summed E-state index contributed by atoms with van der Waals surface area (Å²) in [4.78, 5) is 9.36. The van der Waals surface area contributed by atoms with Gasteiger partial charge in [-0.05, 0) is 14.0 Å². The van der Waals surface area contributed by atoms with Gasteiger partial charge < -0.3 is 4.85 Å². The first-order valence-corrected chi connectivity index (χ1v) is 2.88. The molecule has 3 nitrogen and oxygen atoms in total. The molecule has 1 aliphatic rings. The maximum Gasteiger partial charge on any atom is 0.256 e. The molecule has 0 aromatic rings. The second kappa shape index (κ2) is 2.16. The molecular formula is C6H9N3. The summed E-state index contributed by atoms with van der Waals surface area (Å²) in [7, 11) is 1.96. The maximum atomic E-state index is 6.65. The van der Waals surface area contributed by atoms with Crippen molar-refractivity contribution in [1.82, 2.24) is 4.90 Å². The van der Waals surface area contributed by atoms with E-state index in [0.29, 0.717) is 12.4 Å². The van der Waals surface area contributed by atoms with Crippen LogP contribution < -0.4 is 0 Å². The molecule has 0 saturated carbocycles. The lowest BCUT2D eigenvalue weighted by Gasteiger charge is -2.07. The van der Waals surface area contributed by atoms with Crippen LogP contribution in [0.4, 0.5) is 0 Å². The van der Waals surface area contributed by atoms with Gasteiger partial charge in [0.2, 0.25) is 0 Å². The number of aliphatic imine (C=N–C) groups is 1. The fraction of sp³-hybridized carbons (Fsp3) is 0.667. The molecule has 0 aromatic heterocycles. The highest BCUT2D eigenvalue weighted by Crippen LogP contribution is 2.06. The normalized spacial score (nSPS) is 27.7. The van der Waals surface area contributed by atoms with E-state index in [0.717, 1.165) is 0 Å². The van der Waals surface area contributed by atoms with E-state index in [2.05, 4.69) is 9.84 Å². The molecule has 1 rings (SSSR count). The number of likely N-dealkylation sites (N-methyl/N-ethyl adjacent to an activating group) is 1. The molecule has 1 atom stereocenters. The van der Waals surface area contributed by atoms with Gasteiger partial charge in [0.05, 0.1) is 6.54 Å². The zero-order valence-electron chi connectivity index (χ0n) is 5.63. The van der Waals surface area contributed by atoms with Crippen LogP contribution in [0.1, 0.15) is 6.92 Å². The van der Waals surface area contributed by atoms with Crippen molar-refractivity contribution in [1.29, 1.82) is 0 Å². The summed E-state index contributed by atoms with van der Waals surface area (Å²) in [5, 5.41) is 0. The number of hydrogen-bond donors (Lipinski definition) is 0. The Morgan fingerprint density at radius 3 is 2.78 bits per heavy atom. The third-order valence-electron chi connectivity index (χ3n) is 1.49. The fourth-order valence-electron chi connectivity index (χ4n) is 0.774. The number of amidine groups is 1. The van der Waals surface area contributed by atoms with Gasteiger partial charge in [0.25, 0.3) is 5.84 Å². The highest BCUT2D eigenvalue weighted by Gasteiger charge is 2.21. The quantitative estimate of drug-likeness (QED) is 0.432. The third kappa shape index (κ3) is 1.08. The summed E-state index contributed by atoms with van der Waals surface area (Å²) >= 11 is 0. The lowest BCUT2D eigenvalue weighted by molar-refractivity contribution is 0.327. The van der Waals surface area contributed by atoms with E-state index in [9.17, 15) is 0 Å². The first kappa shape index (κ1) is 6.24. The second-order valence-electron chi connectivity index (χ2n) is 2.20. The minimum atomic E-state index is 0.203. The van der Waals surface area contributed by atoms with Crippen molar-refractivity contribution in [3.8, 4) is 0 Å². The van der Waals surface area contributed by atoms with Crippen LogP contribution in [0.25, 0.3) is 4.85 Å². The van der Waals surface area contributed by atoms with Gasteiger partial charge in [-0.2, -0.15) is 0 Å². The van der Waals surface area contributed by atoms with Crippen molar-refractivity contribution in [3.63, 3.8) is 0 Å². The Kier molecular flexibility index (Phi) is 1.50. The molecule has 0 aliphatic carbocycles. The first-order chi connectivity index (χ1) is 4.24. The molecule has 9 heavy (non-hydrogen) atoms. The molecule has 0 aromatic carbocycles. The van der Waals surface area contributed by atoms with Crippen molar-refractivity contribution in [2.75, 3.05) is 13.6 Å². The minimum absolute atomic E-state index is 0.203. The van der Waals surface area contributed by atoms with E-state index < -0.39 is 0 Å². The first-order valence-electron chi connectivity index (χ1n) is 2.88. The summed E-state index contributed by atoms with van der Waals surface area (Å²) in [6.45, 7) is 9.34. The van der Waals surface area contributed by atoms with Crippen molar-refractivity contribution < 1.29 is 0 Å². The molecule has 0 radical (unpaired) electrons. The molecule has 0 unspecified atom stereocenters. The molecule has 3 heteroatoms. The van der Waals surface area contributed by atoms with E-state index in [1.165, 1.54) is 0 Å². The molecule has 0 amide bonds.